The highest BCUT2D eigenvalue weighted by Crippen LogP contribution is 2.42. The zero-order valence-electron chi connectivity index (χ0n) is 7.89. The monoisotopic (exact) mass is 164 g/mol. The van der Waals surface area contributed by atoms with Gasteiger partial charge in [-0.05, 0) is 43.6 Å². The van der Waals surface area contributed by atoms with Crippen molar-refractivity contribution in [2.75, 3.05) is 0 Å². The second-order valence-corrected chi connectivity index (χ2v) is 4.28. The molecule has 12 heavy (non-hydrogen) atoms. The van der Waals surface area contributed by atoms with E-state index in [1.54, 1.807) is 0 Å². The van der Waals surface area contributed by atoms with Crippen molar-refractivity contribution in [3.8, 4) is 0 Å². The van der Waals surface area contributed by atoms with Gasteiger partial charge in [-0.2, -0.15) is 0 Å². The lowest BCUT2D eigenvalue weighted by Gasteiger charge is -2.27. The van der Waals surface area contributed by atoms with Gasteiger partial charge in [0.2, 0.25) is 0 Å². The Morgan fingerprint density at radius 2 is 2.00 bits per heavy atom. The smallest absolute Gasteiger partial charge is 0.159 e. The summed E-state index contributed by atoms with van der Waals surface area (Å²) < 4.78 is 0. The number of allylic oxidation sites excluding steroid dienone is 2. The SMILES string of the molecule is CC1=C2C(=O)CCC(C)[C@H]2CC1. The molecule has 1 heteroatoms. The first-order chi connectivity index (χ1) is 5.70. The molecule has 0 aromatic rings. The third kappa shape index (κ3) is 1.03. The predicted molar refractivity (Wildman–Crippen MR) is 48.8 cm³/mol. The quantitative estimate of drug-likeness (QED) is 0.538. The molecule has 0 heterocycles. The van der Waals surface area contributed by atoms with Gasteiger partial charge in [-0.3, -0.25) is 4.79 Å². The number of hydrogen-bond acceptors (Lipinski definition) is 1. The van der Waals surface area contributed by atoms with E-state index in [0.29, 0.717) is 11.7 Å². The molecular formula is C11H16O. The molecule has 0 N–H and O–H groups in total. The normalized spacial score (nSPS) is 35.7. The van der Waals surface area contributed by atoms with E-state index in [4.69, 9.17) is 0 Å². The van der Waals surface area contributed by atoms with Crippen LogP contribution in [-0.2, 0) is 4.79 Å². The number of Topliss-reactive ketones (excluding diaryl/α,β-unsaturated/α-hetero) is 1. The number of carbonyl (C=O) groups is 1. The zero-order chi connectivity index (χ0) is 8.72. The summed E-state index contributed by atoms with van der Waals surface area (Å²) in [7, 11) is 0. The van der Waals surface area contributed by atoms with E-state index in [0.717, 1.165) is 25.2 Å². The first-order valence-corrected chi connectivity index (χ1v) is 4.93. The molecule has 0 spiro atoms. The molecule has 2 aliphatic carbocycles. The number of rotatable bonds is 0. The number of carbonyl (C=O) groups excluding carboxylic acids is 1. The molecule has 1 nitrogen and oxygen atoms in total. The molecule has 1 unspecified atom stereocenters. The lowest BCUT2D eigenvalue weighted by Crippen LogP contribution is -2.23. The van der Waals surface area contributed by atoms with Gasteiger partial charge in [0.05, 0.1) is 0 Å². The fourth-order valence-corrected chi connectivity index (χ4v) is 2.68. The van der Waals surface area contributed by atoms with Crippen molar-refractivity contribution in [1.82, 2.24) is 0 Å². The molecule has 0 bridgehead atoms. The van der Waals surface area contributed by atoms with Crippen LogP contribution < -0.4 is 0 Å². The Labute approximate surface area is 73.8 Å². The molecule has 1 saturated carbocycles. The van der Waals surface area contributed by atoms with Gasteiger partial charge in [0.1, 0.15) is 0 Å². The van der Waals surface area contributed by atoms with Crippen LogP contribution in [0.15, 0.2) is 11.1 Å². The van der Waals surface area contributed by atoms with Crippen LogP contribution in [0, 0.1) is 11.8 Å². The fourth-order valence-electron chi connectivity index (χ4n) is 2.68. The van der Waals surface area contributed by atoms with Gasteiger partial charge in [0.15, 0.2) is 5.78 Å². The Kier molecular flexibility index (Phi) is 1.82. The second kappa shape index (κ2) is 2.72. The third-order valence-electron chi connectivity index (χ3n) is 3.47. The highest BCUT2D eigenvalue weighted by Gasteiger charge is 2.35. The first-order valence-electron chi connectivity index (χ1n) is 4.93. The molecular weight excluding hydrogens is 148 g/mol. The topological polar surface area (TPSA) is 17.1 Å². The summed E-state index contributed by atoms with van der Waals surface area (Å²) in [6, 6.07) is 0. The van der Waals surface area contributed by atoms with Gasteiger partial charge >= 0.3 is 0 Å². The van der Waals surface area contributed by atoms with E-state index >= 15 is 0 Å². The zero-order valence-corrected chi connectivity index (χ0v) is 7.89. The maximum absolute atomic E-state index is 11.6. The maximum Gasteiger partial charge on any atom is 0.159 e. The van der Waals surface area contributed by atoms with Crippen LogP contribution in [0.3, 0.4) is 0 Å². The van der Waals surface area contributed by atoms with Crippen LogP contribution in [0.1, 0.15) is 39.5 Å². The summed E-state index contributed by atoms with van der Waals surface area (Å²) >= 11 is 0. The Morgan fingerprint density at radius 1 is 1.25 bits per heavy atom. The Morgan fingerprint density at radius 3 is 2.67 bits per heavy atom. The lowest BCUT2D eigenvalue weighted by molar-refractivity contribution is -0.117. The summed E-state index contributed by atoms with van der Waals surface area (Å²) in [4.78, 5) is 11.6. The molecule has 0 aromatic carbocycles. The average molecular weight is 164 g/mol. The molecule has 2 atom stereocenters. The van der Waals surface area contributed by atoms with E-state index < -0.39 is 0 Å². The Hall–Kier alpha value is -0.590. The molecule has 66 valence electrons. The van der Waals surface area contributed by atoms with E-state index in [2.05, 4.69) is 13.8 Å². The van der Waals surface area contributed by atoms with Crippen LogP contribution in [-0.4, -0.2) is 5.78 Å². The van der Waals surface area contributed by atoms with Crippen LogP contribution in [0.4, 0.5) is 0 Å². The highest BCUT2D eigenvalue weighted by molar-refractivity contribution is 5.97. The van der Waals surface area contributed by atoms with Crippen molar-refractivity contribution in [2.45, 2.75) is 39.5 Å². The molecule has 2 aliphatic rings. The van der Waals surface area contributed by atoms with Crippen molar-refractivity contribution in [1.29, 1.82) is 0 Å². The van der Waals surface area contributed by atoms with Gasteiger partial charge in [0.25, 0.3) is 0 Å². The second-order valence-electron chi connectivity index (χ2n) is 4.28. The largest absolute Gasteiger partial charge is 0.295 e. The molecule has 0 radical (unpaired) electrons. The fraction of sp³-hybridized carbons (Fsp3) is 0.727. The third-order valence-corrected chi connectivity index (χ3v) is 3.47. The van der Waals surface area contributed by atoms with Crippen LogP contribution in [0.2, 0.25) is 0 Å². The van der Waals surface area contributed by atoms with Gasteiger partial charge in [-0.15, -0.1) is 0 Å². The molecule has 0 amide bonds. The highest BCUT2D eigenvalue weighted by atomic mass is 16.1. The average Bonchev–Trinajstić information content (AvgIpc) is 2.42. The summed E-state index contributed by atoms with van der Waals surface area (Å²) in [5, 5.41) is 0. The number of hydrogen-bond donors (Lipinski definition) is 0. The van der Waals surface area contributed by atoms with E-state index in [-0.39, 0.29) is 0 Å². The molecule has 0 aliphatic heterocycles. The maximum atomic E-state index is 11.6. The minimum Gasteiger partial charge on any atom is -0.295 e. The van der Waals surface area contributed by atoms with E-state index in [1.807, 2.05) is 0 Å². The van der Waals surface area contributed by atoms with Crippen LogP contribution >= 0.6 is 0 Å². The lowest BCUT2D eigenvalue weighted by atomic mass is 9.77. The van der Waals surface area contributed by atoms with E-state index in [9.17, 15) is 4.79 Å². The van der Waals surface area contributed by atoms with Crippen LogP contribution in [0.25, 0.3) is 0 Å². The molecule has 0 aromatic heterocycles. The van der Waals surface area contributed by atoms with Crippen molar-refractivity contribution >= 4 is 5.78 Å². The molecule has 2 rings (SSSR count). The van der Waals surface area contributed by atoms with Gasteiger partial charge in [-0.25, -0.2) is 0 Å². The van der Waals surface area contributed by atoms with Crippen LogP contribution in [0.5, 0.6) is 0 Å². The Balaban J connectivity index is 2.33. The summed E-state index contributed by atoms with van der Waals surface area (Å²) in [6.07, 6.45) is 4.30. The summed E-state index contributed by atoms with van der Waals surface area (Å²) in [5.74, 6) is 1.80. The molecule has 1 fully saturated rings. The van der Waals surface area contributed by atoms with E-state index in [1.165, 1.54) is 17.6 Å². The predicted octanol–water partition coefficient (Wildman–Crippen LogP) is 2.71. The number of fused-ring (bicyclic) bond motifs is 1. The van der Waals surface area contributed by atoms with Gasteiger partial charge in [0, 0.05) is 6.42 Å². The van der Waals surface area contributed by atoms with Crippen molar-refractivity contribution in [2.24, 2.45) is 11.8 Å². The summed E-state index contributed by atoms with van der Waals surface area (Å²) in [5.41, 5.74) is 2.57. The first kappa shape index (κ1) is 8.03. The molecule has 0 saturated heterocycles. The number of ketones is 1. The summed E-state index contributed by atoms with van der Waals surface area (Å²) in [6.45, 7) is 4.42. The standard InChI is InChI=1S/C11H16O/c1-7-4-6-10(12)11-8(2)3-5-9(7)11/h7,9H,3-6H2,1-2H3/t7?,9-/m1/s1. The van der Waals surface area contributed by atoms with Crippen molar-refractivity contribution in [3.63, 3.8) is 0 Å². The Bertz CT molecular complexity index is 250. The van der Waals surface area contributed by atoms with Crippen molar-refractivity contribution in [3.05, 3.63) is 11.1 Å². The minimum atomic E-state index is 0.438. The van der Waals surface area contributed by atoms with Gasteiger partial charge < -0.3 is 0 Å². The van der Waals surface area contributed by atoms with Crippen molar-refractivity contribution < 1.29 is 4.79 Å². The minimum absolute atomic E-state index is 0.438. The van der Waals surface area contributed by atoms with Gasteiger partial charge in [-0.1, -0.05) is 12.5 Å².